The summed E-state index contributed by atoms with van der Waals surface area (Å²) in [6.45, 7) is 0. The number of anilines is 1. The van der Waals surface area contributed by atoms with Crippen molar-refractivity contribution in [3.05, 3.63) is 39.9 Å². The Kier molecular flexibility index (Phi) is 1.92. The molecule has 0 aromatic heterocycles. The fourth-order valence-electron chi connectivity index (χ4n) is 1.59. The maximum absolute atomic E-state index is 11.3. The lowest BCUT2D eigenvalue weighted by Crippen LogP contribution is -2.39. The van der Waals surface area contributed by atoms with E-state index in [2.05, 4.69) is 0 Å². The lowest BCUT2D eigenvalue weighted by Gasteiger charge is -2.19. The highest BCUT2D eigenvalue weighted by molar-refractivity contribution is 5.94. The van der Waals surface area contributed by atoms with E-state index in [-0.39, 0.29) is 6.42 Å². The Morgan fingerprint density at radius 1 is 1.29 bits per heavy atom. The van der Waals surface area contributed by atoms with Crippen LogP contribution in [0.25, 0.3) is 0 Å². The van der Waals surface area contributed by atoms with Crippen LogP contribution in [-0.2, 0) is 11.2 Å². The van der Waals surface area contributed by atoms with Gasteiger partial charge < -0.3 is 0 Å². The molecule has 0 atom stereocenters. The van der Waals surface area contributed by atoms with Crippen molar-refractivity contribution in [2.45, 2.75) is 12.8 Å². The molecule has 1 heterocycles. The number of benzene rings is 1. The van der Waals surface area contributed by atoms with Gasteiger partial charge in [0.15, 0.2) is 5.03 Å². The van der Waals surface area contributed by atoms with Crippen molar-refractivity contribution in [1.29, 1.82) is 0 Å². The lowest BCUT2D eigenvalue weighted by molar-refractivity contribution is -0.484. The molecule has 0 spiro atoms. The summed E-state index contributed by atoms with van der Waals surface area (Å²) in [4.78, 5) is 21.9. The number of rotatable bonds is 1. The summed E-state index contributed by atoms with van der Waals surface area (Å²) in [5.41, 5.74) is 1.25. The van der Waals surface area contributed by atoms with Crippen molar-refractivity contribution < 1.29 is 9.83 Å². The van der Waals surface area contributed by atoms with Crippen LogP contribution in [0.3, 0.4) is 0 Å². The van der Waals surface area contributed by atoms with Crippen molar-refractivity contribution in [3.8, 4) is 0 Å². The third-order valence-electron chi connectivity index (χ3n) is 2.23. The van der Waals surface area contributed by atoms with Gasteiger partial charge in [-0.15, -0.1) is 0 Å². The first-order valence-electron chi connectivity index (χ1n) is 4.25. The summed E-state index contributed by atoms with van der Waals surface area (Å²) < 4.78 is 0. The van der Waals surface area contributed by atoms with Crippen molar-refractivity contribution >= 4 is 11.6 Å². The van der Waals surface area contributed by atoms with Gasteiger partial charge >= 0.3 is 0 Å². The molecule has 1 aromatic rings. The summed E-state index contributed by atoms with van der Waals surface area (Å²) in [6.07, 6.45) is 0.789. The highest BCUT2D eigenvalue weighted by Gasteiger charge is 2.32. The first kappa shape index (κ1) is 8.68. The number of carbonyl (C=O) groups excluding carboxylic acids is 1. The van der Waals surface area contributed by atoms with Crippen LogP contribution in [-0.4, -0.2) is 10.9 Å². The lowest BCUT2D eigenvalue weighted by atomic mass is 10.0. The Labute approximate surface area is 80.1 Å². The summed E-state index contributed by atoms with van der Waals surface area (Å²) in [5, 5.41) is 10.6. The SMILES string of the molecule is O=C1CCc2ccccc2N1[N+](=O)[O-]. The number of hydrogen-bond donors (Lipinski definition) is 0. The first-order valence-corrected chi connectivity index (χ1v) is 4.25. The van der Waals surface area contributed by atoms with E-state index in [1.54, 1.807) is 18.2 Å². The molecule has 1 aliphatic rings. The molecular weight excluding hydrogens is 184 g/mol. The van der Waals surface area contributed by atoms with E-state index in [9.17, 15) is 14.9 Å². The van der Waals surface area contributed by atoms with Gasteiger partial charge in [-0.1, -0.05) is 18.2 Å². The predicted octanol–water partition coefficient (Wildman–Crippen LogP) is 1.16. The Hall–Kier alpha value is -1.91. The standard InChI is InChI=1S/C9H8N2O3/c12-9-6-5-7-3-1-2-4-8(7)10(9)11(13)14/h1-4H,5-6H2. The fraction of sp³-hybridized carbons (Fsp3) is 0.222. The second kappa shape index (κ2) is 3.10. The minimum Gasteiger partial charge on any atom is -0.268 e. The zero-order valence-electron chi connectivity index (χ0n) is 7.34. The molecular formula is C9H8N2O3. The van der Waals surface area contributed by atoms with Crippen molar-refractivity contribution in [3.63, 3.8) is 0 Å². The van der Waals surface area contributed by atoms with Gasteiger partial charge in [-0.3, -0.25) is 4.79 Å². The molecule has 2 rings (SSSR count). The molecule has 5 heteroatoms. The average molecular weight is 192 g/mol. The number of nitro groups is 1. The minimum absolute atomic E-state index is 0.206. The molecule has 14 heavy (non-hydrogen) atoms. The van der Waals surface area contributed by atoms with Gasteiger partial charge in [0.2, 0.25) is 0 Å². The summed E-state index contributed by atoms with van der Waals surface area (Å²) in [7, 11) is 0. The molecule has 0 saturated carbocycles. The molecule has 72 valence electrons. The molecule has 1 aliphatic heterocycles. The number of fused-ring (bicyclic) bond motifs is 1. The smallest absolute Gasteiger partial charge is 0.268 e. The fourth-order valence-corrected chi connectivity index (χ4v) is 1.59. The number of amides is 1. The van der Waals surface area contributed by atoms with Crippen LogP contribution in [0.5, 0.6) is 0 Å². The van der Waals surface area contributed by atoms with Crippen molar-refractivity contribution in [2.24, 2.45) is 0 Å². The Bertz CT molecular complexity index is 403. The van der Waals surface area contributed by atoms with E-state index in [4.69, 9.17) is 0 Å². The minimum atomic E-state index is -0.666. The topological polar surface area (TPSA) is 63.5 Å². The van der Waals surface area contributed by atoms with Gasteiger partial charge in [0.05, 0.1) is 0 Å². The quantitative estimate of drug-likeness (QED) is 0.495. The average Bonchev–Trinajstić information content (AvgIpc) is 2.17. The molecule has 0 bridgehead atoms. The zero-order chi connectivity index (χ0) is 10.1. The van der Waals surface area contributed by atoms with Gasteiger partial charge in [0.1, 0.15) is 5.69 Å². The number of carbonyl (C=O) groups is 1. The van der Waals surface area contributed by atoms with E-state index >= 15 is 0 Å². The third-order valence-corrected chi connectivity index (χ3v) is 2.23. The Morgan fingerprint density at radius 2 is 2.00 bits per heavy atom. The van der Waals surface area contributed by atoms with E-state index in [0.29, 0.717) is 17.1 Å². The third kappa shape index (κ3) is 1.22. The van der Waals surface area contributed by atoms with Crippen LogP contribution >= 0.6 is 0 Å². The van der Waals surface area contributed by atoms with Crippen LogP contribution in [0.1, 0.15) is 12.0 Å². The normalized spacial score (nSPS) is 15.1. The number of nitrogens with zero attached hydrogens (tertiary/aromatic N) is 2. The van der Waals surface area contributed by atoms with Gasteiger partial charge in [-0.25, -0.2) is 10.1 Å². The van der Waals surface area contributed by atoms with Crippen LogP contribution in [0, 0.1) is 10.1 Å². The van der Waals surface area contributed by atoms with Crippen molar-refractivity contribution in [1.82, 2.24) is 0 Å². The summed E-state index contributed by atoms with van der Waals surface area (Å²) in [6, 6.07) is 6.90. The van der Waals surface area contributed by atoms with E-state index in [1.165, 1.54) is 0 Å². The maximum atomic E-state index is 11.3. The summed E-state index contributed by atoms with van der Waals surface area (Å²) in [5.74, 6) is -0.450. The highest BCUT2D eigenvalue weighted by atomic mass is 16.7. The molecule has 5 nitrogen and oxygen atoms in total. The molecule has 0 radical (unpaired) electrons. The second-order valence-electron chi connectivity index (χ2n) is 3.07. The van der Waals surface area contributed by atoms with Gasteiger partial charge in [-0.05, 0) is 23.1 Å². The maximum Gasteiger partial charge on any atom is 0.289 e. The zero-order valence-corrected chi connectivity index (χ0v) is 7.34. The van der Waals surface area contributed by atoms with Crippen LogP contribution in [0.2, 0.25) is 0 Å². The van der Waals surface area contributed by atoms with Gasteiger partial charge in [0.25, 0.3) is 5.91 Å². The highest BCUT2D eigenvalue weighted by Crippen LogP contribution is 2.26. The number of hydrazine groups is 1. The number of hydrogen-bond acceptors (Lipinski definition) is 3. The molecule has 0 saturated heterocycles. The summed E-state index contributed by atoms with van der Waals surface area (Å²) >= 11 is 0. The number of aryl methyl sites for hydroxylation is 1. The molecule has 0 unspecified atom stereocenters. The van der Waals surface area contributed by atoms with Gasteiger partial charge in [0, 0.05) is 6.42 Å². The second-order valence-corrected chi connectivity index (χ2v) is 3.07. The first-order chi connectivity index (χ1) is 6.70. The van der Waals surface area contributed by atoms with Gasteiger partial charge in [-0.2, -0.15) is 0 Å². The molecule has 0 fully saturated rings. The molecule has 1 aromatic carbocycles. The molecule has 1 amide bonds. The predicted molar refractivity (Wildman–Crippen MR) is 49.2 cm³/mol. The molecule has 0 aliphatic carbocycles. The Balaban J connectivity index is 2.51. The Morgan fingerprint density at radius 3 is 2.71 bits per heavy atom. The van der Waals surface area contributed by atoms with E-state index in [1.807, 2.05) is 6.07 Å². The largest absolute Gasteiger partial charge is 0.289 e. The van der Waals surface area contributed by atoms with Crippen LogP contribution < -0.4 is 5.01 Å². The molecule has 0 N–H and O–H groups in total. The monoisotopic (exact) mass is 192 g/mol. The van der Waals surface area contributed by atoms with Crippen LogP contribution in [0.15, 0.2) is 24.3 Å². The number of para-hydroxylation sites is 1. The van der Waals surface area contributed by atoms with E-state index < -0.39 is 10.9 Å². The van der Waals surface area contributed by atoms with Crippen LogP contribution in [0.4, 0.5) is 5.69 Å². The van der Waals surface area contributed by atoms with E-state index in [0.717, 1.165) is 5.56 Å². The van der Waals surface area contributed by atoms with Crippen molar-refractivity contribution in [2.75, 3.05) is 5.01 Å².